The summed E-state index contributed by atoms with van der Waals surface area (Å²) in [4.78, 5) is 15.4. The molecule has 0 atom stereocenters. The molecule has 2 aromatic rings. The molecule has 2 heterocycles. The predicted octanol–water partition coefficient (Wildman–Crippen LogP) is 1.88. The smallest absolute Gasteiger partial charge is 0.193 e. The number of alkyl halides is 1. The maximum absolute atomic E-state index is 11.3. The van der Waals surface area contributed by atoms with Crippen LogP contribution in [0.5, 0.6) is 0 Å². The summed E-state index contributed by atoms with van der Waals surface area (Å²) < 4.78 is 1.53. The highest BCUT2D eigenvalue weighted by atomic mass is 79.9. The Labute approximate surface area is 99.2 Å². The monoisotopic (exact) mass is 319 g/mol. The van der Waals surface area contributed by atoms with E-state index in [1.165, 1.54) is 10.7 Å². The van der Waals surface area contributed by atoms with Crippen molar-refractivity contribution >= 4 is 44.3 Å². The van der Waals surface area contributed by atoms with Gasteiger partial charge in [0.2, 0.25) is 0 Å². The average molecular weight is 321 g/mol. The van der Waals surface area contributed by atoms with Crippen LogP contribution in [0.4, 0.5) is 0 Å². The lowest BCUT2D eigenvalue weighted by molar-refractivity contribution is 0.101. The van der Waals surface area contributed by atoms with Crippen LogP contribution in [0.15, 0.2) is 24.5 Å². The van der Waals surface area contributed by atoms with Crippen LogP contribution in [0.25, 0.3) is 5.65 Å². The largest absolute Gasteiger partial charge is 0.291 e. The molecule has 0 radical (unpaired) electrons. The first-order valence-electron chi connectivity index (χ1n) is 3.71. The van der Waals surface area contributed by atoms with Crippen molar-refractivity contribution in [2.45, 2.75) is 0 Å². The number of aromatic nitrogens is 3. The highest BCUT2D eigenvalue weighted by Crippen LogP contribution is 2.05. The molecule has 4 nitrogen and oxygen atoms in total. The number of carbonyl (C=O) groups excluding carboxylic acids is 1. The first-order valence-corrected chi connectivity index (χ1v) is 4.83. The summed E-state index contributed by atoms with van der Waals surface area (Å²) in [6.45, 7) is 0. The zero-order chi connectivity index (χ0) is 9.26. The highest BCUT2D eigenvalue weighted by molar-refractivity contribution is 9.09. The van der Waals surface area contributed by atoms with E-state index in [1.54, 1.807) is 18.3 Å². The second-order valence-corrected chi connectivity index (χ2v) is 3.05. The number of imidazole rings is 1. The molecule has 0 amide bonds. The number of carbonyl (C=O) groups is 1. The molecule has 0 aromatic carbocycles. The number of fused-ring (bicyclic) bond motifs is 1. The van der Waals surface area contributed by atoms with Crippen LogP contribution in [-0.4, -0.2) is 25.7 Å². The fraction of sp³-hybridized carbons (Fsp3) is 0.125. The van der Waals surface area contributed by atoms with Gasteiger partial charge >= 0.3 is 0 Å². The Bertz CT molecular complexity index is 455. The van der Waals surface area contributed by atoms with Crippen molar-refractivity contribution in [3.63, 3.8) is 0 Å². The van der Waals surface area contributed by atoms with E-state index < -0.39 is 0 Å². The topological polar surface area (TPSA) is 47.3 Å². The van der Waals surface area contributed by atoms with Crippen molar-refractivity contribution in [2.75, 3.05) is 5.33 Å². The van der Waals surface area contributed by atoms with E-state index in [2.05, 4.69) is 26.0 Å². The fourth-order valence-corrected chi connectivity index (χ4v) is 1.38. The third-order valence-corrected chi connectivity index (χ3v) is 2.19. The fourth-order valence-electron chi connectivity index (χ4n) is 1.09. The van der Waals surface area contributed by atoms with Gasteiger partial charge in [-0.05, 0) is 12.1 Å². The van der Waals surface area contributed by atoms with Gasteiger partial charge in [0.15, 0.2) is 11.4 Å². The molecule has 14 heavy (non-hydrogen) atoms. The van der Waals surface area contributed by atoms with Gasteiger partial charge < -0.3 is 0 Å². The van der Waals surface area contributed by atoms with Gasteiger partial charge in [0, 0.05) is 6.20 Å². The minimum Gasteiger partial charge on any atom is -0.291 e. The molecule has 0 saturated heterocycles. The van der Waals surface area contributed by atoms with Gasteiger partial charge in [-0.25, -0.2) is 9.50 Å². The van der Waals surface area contributed by atoms with Crippen LogP contribution in [0.3, 0.4) is 0 Å². The van der Waals surface area contributed by atoms with E-state index in [0.29, 0.717) is 11.3 Å². The lowest BCUT2D eigenvalue weighted by Gasteiger charge is -1.94. The van der Waals surface area contributed by atoms with Crippen LogP contribution in [-0.2, 0) is 0 Å². The van der Waals surface area contributed by atoms with Crippen LogP contribution in [0.2, 0.25) is 0 Å². The van der Waals surface area contributed by atoms with Crippen LogP contribution >= 0.6 is 32.9 Å². The minimum atomic E-state index is -0.0220. The highest BCUT2D eigenvalue weighted by Gasteiger charge is 2.10. The maximum atomic E-state index is 11.3. The second kappa shape index (κ2) is 4.65. The van der Waals surface area contributed by atoms with Crippen molar-refractivity contribution in [1.29, 1.82) is 0 Å². The molecule has 0 N–H and O–H groups in total. The Hall–Kier alpha value is -0.750. The molecule has 74 valence electrons. The molecule has 0 aliphatic rings. The molecule has 0 spiro atoms. The standard InChI is InChI=1S/C8H6BrN3O.BrH/c9-4-7(13)6-5-10-8-2-1-3-11-12(6)8;/h1-3,5H,4H2;1H. The van der Waals surface area contributed by atoms with Gasteiger partial charge in [0.1, 0.15) is 5.69 Å². The third-order valence-electron chi connectivity index (χ3n) is 1.68. The maximum Gasteiger partial charge on any atom is 0.193 e. The predicted molar refractivity (Wildman–Crippen MR) is 61.4 cm³/mol. The molecule has 0 unspecified atom stereocenters. The molecular weight excluding hydrogens is 314 g/mol. The molecule has 6 heteroatoms. The van der Waals surface area contributed by atoms with Gasteiger partial charge in [-0.2, -0.15) is 5.10 Å². The molecule has 0 bridgehead atoms. The van der Waals surface area contributed by atoms with Crippen LogP contribution < -0.4 is 0 Å². The Morgan fingerprint density at radius 1 is 1.57 bits per heavy atom. The van der Waals surface area contributed by atoms with E-state index in [1.807, 2.05) is 0 Å². The lowest BCUT2D eigenvalue weighted by atomic mass is 10.3. The van der Waals surface area contributed by atoms with Gasteiger partial charge in [-0.15, -0.1) is 17.0 Å². The second-order valence-electron chi connectivity index (χ2n) is 2.49. The third kappa shape index (κ3) is 1.85. The lowest BCUT2D eigenvalue weighted by Crippen LogP contribution is -2.05. The summed E-state index contributed by atoms with van der Waals surface area (Å²) >= 11 is 3.10. The van der Waals surface area contributed by atoms with Crippen LogP contribution in [0, 0.1) is 0 Å². The Balaban J connectivity index is 0.000000980. The van der Waals surface area contributed by atoms with Crippen molar-refractivity contribution in [3.05, 3.63) is 30.2 Å². The van der Waals surface area contributed by atoms with E-state index in [4.69, 9.17) is 0 Å². The quantitative estimate of drug-likeness (QED) is 0.627. The number of nitrogens with zero attached hydrogens (tertiary/aromatic N) is 3. The van der Waals surface area contributed by atoms with Crippen molar-refractivity contribution < 1.29 is 4.79 Å². The molecule has 0 fully saturated rings. The van der Waals surface area contributed by atoms with Crippen molar-refractivity contribution in [1.82, 2.24) is 14.6 Å². The van der Waals surface area contributed by atoms with Gasteiger partial charge in [0.25, 0.3) is 0 Å². The number of Topliss-reactive ketones (excluding diaryl/α,β-unsaturated/α-hetero) is 1. The van der Waals surface area contributed by atoms with Crippen molar-refractivity contribution in [2.24, 2.45) is 0 Å². The summed E-state index contributed by atoms with van der Waals surface area (Å²) in [5, 5.41) is 4.31. The zero-order valence-electron chi connectivity index (χ0n) is 7.05. The number of ketones is 1. The molecule has 0 saturated carbocycles. The molecule has 2 rings (SSSR count). The van der Waals surface area contributed by atoms with Gasteiger partial charge in [-0.3, -0.25) is 4.79 Å². The van der Waals surface area contributed by atoms with Crippen molar-refractivity contribution in [3.8, 4) is 0 Å². The molecule has 2 aromatic heterocycles. The summed E-state index contributed by atoms with van der Waals surface area (Å²) in [5.41, 5.74) is 1.19. The summed E-state index contributed by atoms with van der Waals surface area (Å²) in [7, 11) is 0. The number of hydrogen-bond donors (Lipinski definition) is 0. The first-order chi connectivity index (χ1) is 6.33. The molecule has 0 aliphatic heterocycles. The Morgan fingerprint density at radius 2 is 2.36 bits per heavy atom. The SMILES string of the molecule is Br.O=C(CBr)c1cnc2cccnn12. The Kier molecular flexibility index (Phi) is 3.77. The van der Waals surface area contributed by atoms with E-state index in [-0.39, 0.29) is 28.1 Å². The van der Waals surface area contributed by atoms with E-state index >= 15 is 0 Å². The van der Waals surface area contributed by atoms with Gasteiger partial charge in [-0.1, -0.05) is 15.9 Å². The number of hydrogen-bond acceptors (Lipinski definition) is 3. The average Bonchev–Trinajstić information content (AvgIpc) is 2.60. The first kappa shape index (κ1) is 11.3. The summed E-state index contributed by atoms with van der Waals surface area (Å²) in [6, 6.07) is 3.59. The minimum absolute atomic E-state index is 0. The molecule has 0 aliphatic carbocycles. The normalized spacial score (nSPS) is 9.79. The number of halogens is 2. The zero-order valence-corrected chi connectivity index (χ0v) is 10.4. The summed E-state index contributed by atoms with van der Waals surface area (Å²) in [6.07, 6.45) is 3.16. The van der Waals surface area contributed by atoms with E-state index in [9.17, 15) is 4.79 Å². The van der Waals surface area contributed by atoms with Gasteiger partial charge in [0.05, 0.1) is 11.5 Å². The Morgan fingerprint density at radius 3 is 3.07 bits per heavy atom. The summed E-state index contributed by atoms with van der Waals surface area (Å²) in [5.74, 6) is -0.0220. The van der Waals surface area contributed by atoms with Crippen LogP contribution in [0.1, 0.15) is 10.5 Å². The number of rotatable bonds is 2. The van der Waals surface area contributed by atoms with E-state index in [0.717, 1.165) is 0 Å². The molecular formula is C8H7Br2N3O.